The number of nitrogens with zero attached hydrogens (tertiary/aromatic N) is 3. The van der Waals surface area contributed by atoms with Gasteiger partial charge in [0, 0.05) is 13.0 Å². The van der Waals surface area contributed by atoms with E-state index in [1.165, 1.54) is 0 Å². The number of ether oxygens (including phenoxy) is 1. The number of amides is 1. The van der Waals surface area contributed by atoms with E-state index in [1.807, 2.05) is 28.8 Å². The number of imidazole rings is 1. The molecule has 6 nitrogen and oxygen atoms in total. The Hall–Kier alpha value is -1.92. The molecule has 1 aliphatic heterocycles. The summed E-state index contributed by atoms with van der Waals surface area (Å²) in [7, 11) is 1.72. The summed E-state index contributed by atoms with van der Waals surface area (Å²) in [6.45, 7) is 5.02. The second kappa shape index (κ2) is 6.29. The molecule has 1 aromatic heterocycles. The van der Waals surface area contributed by atoms with Crippen molar-refractivity contribution in [3.63, 3.8) is 0 Å². The van der Waals surface area contributed by atoms with Crippen LogP contribution in [0.3, 0.4) is 0 Å². The van der Waals surface area contributed by atoms with Gasteiger partial charge in [0.1, 0.15) is 12.4 Å². The summed E-state index contributed by atoms with van der Waals surface area (Å²) in [4.78, 5) is 18.9. The molecule has 0 radical (unpaired) electrons. The Morgan fingerprint density at radius 2 is 2.17 bits per heavy atom. The highest BCUT2D eigenvalue weighted by Gasteiger charge is 2.32. The Kier molecular flexibility index (Phi) is 4.37. The number of carbonyl (C=O) groups is 1. The molecule has 2 atom stereocenters. The largest absolute Gasteiger partial charge is 0.388 e. The van der Waals surface area contributed by atoms with Gasteiger partial charge in [0.05, 0.1) is 36.4 Å². The van der Waals surface area contributed by atoms with Crippen molar-refractivity contribution in [3.8, 4) is 0 Å². The quantitative estimate of drug-likeness (QED) is 0.925. The first-order valence-corrected chi connectivity index (χ1v) is 7.95. The van der Waals surface area contributed by atoms with Crippen molar-refractivity contribution in [2.24, 2.45) is 0 Å². The van der Waals surface area contributed by atoms with Crippen LogP contribution in [-0.2, 0) is 16.1 Å². The number of hydrogen-bond donors (Lipinski definition) is 1. The van der Waals surface area contributed by atoms with Crippen LogP contribution in [0.15, 0.2) is 24.3 Å². The van der Waals surface area contributed by atoms with Crippen LogP contribution in [0, 0.1) is 0 Å². The van der Waals surface area contributed by atoms with Crippen LogP contribution in [0.2, 0.25) is 0 Å². The lowest BCUT2D eigenvalue weighted by atomic mass is 10.2. The van der Waals surface area contributed by atoms with E-state index in [0.717, 1.165) is 16.9 Å². The minimum absolute atomic E-state index is 0.0513. The Bertz CT molecular complexity index is 710. The third-order valence-electron chi connectivity index (χ3n) is 4.41. The summed E-state index contributed by atoms with van der Waals surface area (Å²) >= 11 is 0. The third-order valence-corrected chi connectivity index (χ3v) is 4.41. The molecule has 6 heteroatoms. The minimum atomic E-state index is -0.618. The lowest BCUT2D eigenvalue weighted by Gasteiger charge is -2.26. The lowest BCUT2D eigenvalue weighted by molar-refractivity contribution is -0.134. The van der Waals surface area contributed by atoms with E-state index in [9.17, 15) is 9.90 Å². The van der Waals surface area contributed by atoms with E-state index in [-0.39, 0.29) is 31.0 Å². The van der Waals surface area contributed by atoms with Gasteiger partial charge in [-0.3, -0.25) is 4.79 Å². The molecule has 2 aromatic rings. The average Bonchev–Trinajstić information content (AvgIpc) is 3.11. The topological polar surface area (TPSA) is 67.6 Å². The number of likely N-dealkylation sites (N-methyl/N-ethyl adjacent to an activating group) is 1. The van der Waals surface area contributed by atoms with Gasteiger partial charge in [-0.2, -0.15) is 0 Å². The van der Waals surface area contributed by atoms with E-state index in [2.05, 4.69) is 18.8 Å². The Balaban J connectivity index is 1.88. The molecule has 0 saturated carbocycles. The number of fused-ring (bicyclic) bond motifs is 1. The molecular weight excluding hydrogens is 294 g/mol. The molecule has 1 saturated heterocycles. The zero-order valence-electron chi connectivity index (χ0n) is 13.8. The minimum Gasteiger partial charge on any atom is -0.388 e. The molecule has 0 aliphatic carbocycles. The van der Waals surface area contributed by atoms with Crippen molar-refractivity contribution in [2.75, 3.05) is 20.3 Å². The van der Waals surface area contributed by atoms with Crippen molar-refractivity contribution in [3.05, 3.63) is 30.1 Å². The van der Waals surface area contributed by atoms with E-state index in [0.29, 0.717) is 6.61 Å². The van der Waals surface area contributed by atoms with Crippen LogP contribution < -0.4 is 0 Å². The Labute approximate surface area is 135 Å². The predicted molar refractivity (Wildman–Crippen MR) is 87.2 cm³/mol. The molecule has 1 aromatic carbocycles. The summed E-state index contributed by atoms with van der Waals surface area (Å²) in [6, 6.07) is 7.56. The standard InChI is InChI=1S/C17H23N3O3/c1-11(2)17-18-12-6-4-5-7-13(12)20(17)8-16(22)19(3)14-9-23-10-15(14)21/h4-7,11,14-15,21H,8-10H2,1-3H3/t14-,15-/m1/s1. The molecule has 23 heavy (non-hydrogen) atoms. The lowest BCUT2D eigenvalue weighted by Crippen LogP contribution is -2.45. The fourth-order valence-electron chi connectivity index (χ4n) is 3.03. The first kappa shape index (κ1) is 16.0. The van der Waals surface area contributed by atoms with Gasteiger partial charge in [-0.05, 0) is 12.1 Å². The van der Waals surface area contributed by atoms with E-state index >= 15 is 0 Å². The third kappa shape index (κ3) is 2.96. The van der Waals surface area contributed by atoms with Gasteiger partial charge in [0.25, 0.3) is 0 Å². The van der Waals surface area contributed by atoms with E-state index < -0.39 is 6.10 Å². The van der Waals surface area contributed by atoms with Gasteiger partial charge in [0.15, 0.2) is 0 Å². The van der Waals surface area contributed by atoms with Crippen LogP contribution >= 0.6 is 0 Å². The zero-order chi connectivity index (χ0) is 16.6. The smallest absolute Gasteiger partial charge is 0.242 e. The molecule has 1 aliphatic rings. The van der Waals surface area contributed by atoms with Crippen molar-refractivity contribution >= 4 is 16.9 Å². The van der Waals surface area contributed by atoms with E-state index in [1.54, 1.807) is 11.9 Å². The Morgan fingerprint density at radius 3 is 2.83 bits per heavy atom. The number of aliphatic hydroxyl groups is 1. The van der Waals surface area contributed by atoms with E-state index in [4.69, 9.17) is 4.74 Å². The van der Waals surface area contributed by atoms with Crippen LogP contribution in [0.4, 0.5) is 0 Å². The highest BCUT2D eigenvalue weighted by atomic mass is 16.5. The van der Waals surface area contributed by atoms with Gasteiger partial charge >= 0.3 is 0 Å². The van der Waals surface area contributed by atoms with Crippen LogP contribution in [0.25, 0.3) is 11.0 Å². The summed E-state index contributed by atoms with van der Waals surface area (Å²) in [5.41, 5.74) is 1.86. The van der Waals surface area contributed by atoms with Gasteiger partial charge in [-0.15, -0.1) is 0 Å². The van der Waals surface area contributed by atoms with Gasteiger partial charge in [-0.25, -0.2) is 4.98 Å². The molecule has 2 heterocycles. The second-order valence-electron chi connectivity index (χ2n) is 6.38. The summed E-state index contributed by atoms with van der Waals surface area (Å²) in [5.74, 6) is 1.07. The molecule has 0 bridgehead atoms. The highest BCUT2D eigenvalue weighted by Crippen LogP contribution is 2.22. The first-order chi connectivity index (χ1) is 11.0. The molecular formula is C17H23N3O3. The van der Waals surface area contributed by atoms with Crippen LogP contribution in [0.1, 0.15) is 25.6 Å². The van der Waals surface area contributed by atoms with Crippen LogP contribution in [-0.4, -0.2) is 57.9 Å². The maximum atomic E-state index is 12.7. The molecule has 0 unspecified atom stereocenters. The van der Waals surface area contributed by atoms with Crippen molar-refractivity contribution in [2.45, 2.75) is 38.5 Å². The molecule has 1 N–H and O–H groups in total. The normalized spacial score (nSPS) is 21.3. The second-order valence-corrected chi connectivity index (χ2v) is 6.38. The fourth-order valence-corrected chi connectivity index (χ4v) is 3.03. The number of rotatable bonds is 4. The van der Waals surface area contributed by atoms with Crippen molar-refractivity contribution < 1.29 is 14.6 Å². The number of benzene rings is 1. The Morgan fingerprint density at radius 1 is 1.43 bits per heavy atom. The van der Waals surface area contributed by atoms with Crippen molar-refractivity contribution in [1.82, 2.24) is 14.5 Å². The van der Waals surface area contributed by atoms with Gasteiger partial charge < -0.3 is 19.3 Å². The zero-order valence-corrected chi connectivity index (χ0v) is 13.8. The monoisotopic (exact) mass is 317 g/mol. The number of aliphatic hydroxyl groups excluding tert-OH is 1. The maximum Gasteiger partial charge on any atom is 0.242 e. The summed E-state index contributed by atoms with van der Waals surface area (Å²) in [5, 5.41) is 9.91. The first-order valence-electron chi connectivity index (χ1n) is 7.95. The summed E-state index contributed by atoms with van der Waals surface area (Å²) < 4.78 is 7.22. The fraction of sp³-hybridized carbons (Fsp3) is 0.529. The van der Waals surface area contributed by atoms with Crippen LogP contribution in [0.5, 0.6) is 0 Å². The summed E-state index contributed by atoms with van der Waals surface area (Å²) in [6.07, 6.45) is -0.618. The number of carbonyl (C=O) groups excluding carboxylic acids is 1. The maximum absolute atomic E-state index is 12.7. The average molecular weight is 317 g/mol. The molecule has 0 spiro atoms. The molecule has 3 rings (SSSR count). The number of aromatic nitrogens is 2. The number of hydrogen-bond acceptors (Lipinski definition) is 4. The molecule has 124 valence electrons. The van der Waals surface area contributed by atoms with Gasteiger partial charge in [0.2, 0.25) is 5.91 Å². The predicted octanol–water partition coefficient (Wildman–Crippen LogP) is 1.38. The molecule has 1 fully saturated rings. The van der Waals surface area contributed by atoms with Crippen molar-refractivity contribution in [1.29, 1.82) is 0 Å². The highest BCUT2D eigenvalue weighted by molar-refractivity contribution is 5.81. The SMILES string of the molecule is CC(C)c1nc2ccccc2n1CC(=O)N(C)[C@@H]1COC[C@H]1O. The number of para-hydroxylation sites is 2. The van der Waals surface area contributed by atoms with Gasteiger partial charge in [-0.1, -0.05) is 26.0 Å². The molecule has 1 amide bonds.